The zero-order valence-electron chi connectivity index (χ0n) is 17.0. The Morgan fingerprint density at radius 1 is 1.16 bits per heavy atom. The lowest BCUT2D eigenvalue weighted by molar-refractivity contribution is -0.117. The van der Waals surface area contributed by atoms with Crippen LogP contribution in [0.4, 0.5) is 10.3 Å². The Morgan fingerprint density at radius 3 is 2.71 bits per heavy atom. The summed E-state index contributed by atoms with van der Waals surface area (Å²) in [4.78, 5) is 31.1. The van der Waals surface area contributed by atoms with Crippen molar-refractivity contribution in [3.8, 4) is 5.75 Å². The number of amides is 2. The van der Waals surface area contributed by atoms with Gasteiger partial charge in [-0.15, -0.1) is 21.5 Å². The number of thioether (sulfide) groups is 1. The van der Waals surface area contributed by atoms with Gasteiger partial charge in [0.1, 0.15) is 5.75 Å². The third-order valence-electron chi connectivity index (χ3n) is 4.75. The van der Waals surface area contributed by atoms with E-state index in [2.05, 4.69) is 25.8 Å². The van der Waals surface area contributed by atoms with E-state index < -0.39 is 0 Å². The van der Waals surface area contributed by atoms with E-state index in [1.165, 1.54) is 22.7 Å². The standard InChI is InChI=1S/C20H21N5O3S3/c1-3-29-20-25-24-19(31-20)23-17(27)13-5-4-6-14-15(13)21-18(30-14)22-16(26)11-7-9-12(28-2)10-8-11/h7-10,13H,3-6H2,1-2H3,(H,21,22,26)(H,23,24,27). The SMILES string of the molecule is CCSc1nnc(NC(=O)C2CCCc3sc(NC(=O)c4ccc(OC)cc4)nc32)s1. The van der Waals surface area contributed by atoms with Crippen molar-refractivity contribution >= 4 is 56.5 Å². The van der Waals surface area contributed by atoms with Gasteiger partial charge in [0.2, 0.25) is 11.0 Å². The molecule has 3 aromatic rings. The number of anilines is 2. The number of aryl methyl sites for hydroxylation is 1. The number of nitrogens with one attached hydrogen (secondary N) is 2. The fourth-order valence-electron chi connectivity index (χ4n) is 3.27. The Morgan fingerprint density at radius 2 is 1.97 bits per heavy atom. The van der Waals surface area contributed by atoms with Crippen LogP contribution in [0, 0.1) is 0 Å². The number of thiazole rings is 1. The van der Waals surface area contributed by atoms with E-state index in [0.717, 1.165) is 33.5 Å². The van der Waals surface area contributed by atoms with Crippen molar-refractivity contribution in [2.24, 2.45) is 0 Å². The maximum atomic E-state index is 12.9. The summed E-state index contributed by atoms with van der Waals surface area (Å²) in [5, 5.41) is 14.8. The normalized spacial score (nSPS) is 15.2. The molecule has 2 aromatic heterocycles. The van der Waals surface area contributed by atoms with E-state index in [4.69, 9.17) is 4.74 Å². The molecule has 31 heavy (non-hydrogen) atoms. The first-order chi connectivity index (χ1) is 15.1. The maximum absolute atomic E-state index is 12.9. The number of aromatic nitrogens is 3. The molecule has 162 valence electrons. The molecule has 2 heterocycles. The van der Waals surface area contributed by atoms with Gasteiger partial charge in [0, 0.05) is 10.4 Å². The highest BCUT2D eigenvalue weighted by molar-refractivity contribution is 8.01. The Kier molecular flexibility index (Phi) is 6.83. The van der Waals surface area contributed by atoms with Crippen molar-refractivity contribution in [3.05, 3.63) is 40.4 Å². The number of hydrogen-bond donors (Lipinski definition) is 2. The van der Waals surface area contributed by atoms with Crippen molar-refractivity contribution in [2.75, 3.05) is 23.5 Å². The highest BCUT2D eigenvalue weighted by atomic mass is 32.2. The Hall–Kier alpha value is -2.50. The monoisotopic (exact) mass is 475 g/mol. The highest BCUT2D eigenvalue weighted by Crippen LogP contribution is 2.38. The number of rotatable bonds is 7. The summed E-state index contributed by atoms with van der Waals surface area (Å²) in [6.45, 7) is 2.04. The first kappa shape index (κ1) is 21.7. The predicted octanol–water partition coefficient (Wildman–Crippen LogP) is 4.43. The minimum Gasteiger partial charge on any atom is -0.497 e. The Bertz CT molecular complexity index is 1080. The lowest BCUT2D eigenvalue weighted by Gasteiger charge is -2.19. The van der Waals surface area contributed by atoms with Gasteiger partial charge in [-0.05, 0) is 49.3 Å². The quantitative estimate of drug-likeness (QED) is 0.385. The molecule has 1 aromatic carbocycles. The third kappa shape index (κ3) is 5.05. The number of ether oxygens (including phenoxy) is 1. The molecule has 2 N–H and O–H groups in total. The van der Waals surface area contributed by atoms with Crippen LogP contribution in [0.5, 0.6) is 5.75 Å². The molecule has 0 saturated heterocycles. The van der Waals surface area contributed by atoms with Gasteiger partial charge in [0.25, 0.3) is 5.91 Å². The first-order valence-corrected chi connectivity index (χ1v) is 12.4. The summed E-state index contributed by atoms with van der Waals surface area (Å²) in [6.07, 6.45) is 2.46. The van der Waals surface area contributed by atoms with Crippen LogP contribution in [0.15, 0.2) is 28.6 Å². The van der Waals surface area contributed by atoms with Crippen LogP contribution < -0.4 is 15.4 Å². The predicted molar refractivity (Wildman–Crippen MR) is 124 cm³/mol. The lowest BCUT2D eigenvalue weighted by atomic mass is 9.90. The largest absolute Gasteiger partial charge is 0.497 e. The van der Waals surface area contributed by atoms with E-state index in [1.807, 2.05) is 6.92 Å². The number of benzene rings is 1. The molecule has 1 aliphatic rings. The molecule has 4 rings (SSSR count). The van der Waals surface area contributed by atoms with Crippen LogP contribution in [0.2, 0.25) is 0 Å². The molecule has 0 radical (unpaired) electrons. The van der Waals surface area contributed by atoms with Crippen LogP contribution in [0.1, 0.15) is 46.6 Å². The van der Waals surface area contributed by atoms with Crippen LogP contribution in [-0.2, 0) is 11.2 Å². The van der Waals surface area contributed by atoms with Crippen molar-refractivity contribution in [3.63, 3.8) is 0 Å². The number of methoxy groups -OCH3 is 1. The molecule has 2 amide bonds. The van der Waals surface area contributed by atoms with Gasteiger partial charge in [-0.25, -0.2) is 4.98 Å². The van der Waals surface area contributed by atoms with Gasteiger partial charge >= 0.3 is 0 Å². The molecule has 0 bridgehead atoms. The summed E-state index contributed by atoms with van der Waals surface area (Å²) in [5.74, 6) is 0.843. The summed E-state index contributed by atoms with van der Waals surface area (Å²) < 4.78 is 5.96. The van der Waals surface area contributed by atoms with Crippen LogP contribution in [0.3, 0.4) is 0 Å². The van der Waals surface area contributed by atoms with E-state index in [9.17, 15) is 9.59 Å². The van der Waals surface area contributed by atoms with Crippen molar-refractivity contribution in [2.45, 2.75) is 36.4 Å². The Labute approximate surface area is 191 Å². The number of carbonyl (C=O) groups excluding carboxylic acids is 2. The van der Waals surface area contributed by atoms with Gasteiger partial charge in [0.05, 0.1) is 18.7 Å². The van der Waals surface area contributed by atoms with Gasteiger partial charge in [-0.1, -0.05) is 30.0 Å². The lowest BCUT2D eigenvalue weighted by Crippen LogP contribution is -2.24. The van der Waals surface area contributed by atoms with Crippen molar-refractivity contribution < 1.29 is 14.3 Å². The zero-order valence-corrected chi connectivity index (χ0v) is 19.5. The minimum absolute atomic E-state index is 0.136. The molecule has 1 atom stereocenters. The van der Waals surface area contributed by atoms with Gasteiger partial charge < -0.3 is 4.74 Å². The first-order valence-electron chi connectivity index (χ1n) is 9.79. The molecule has 1 unspecified atom stereocenters. The number of fused-ring (bicyclic) bond motifs is 1. The molecular weight excluding hydrogens is 454 g/mol. The number of nitrogens with zero attached hydrogens (tertiary/aromatic N) is 3. The summed E-state index contributed by atoms with van der Waals surface area (Å²) in [5.41, 5.74) is 1.26. The second-order valence-electron chi connectivity index (χ2n) is 6.75. The van der Waals surface area contributed by atoms with Crippen molar-refractivity contribution in [1.29, 1.82) is 0 Å². The van der Waals surface area contributed by atoms with E-state index in [-0.39, 0.29) is 17.7 Å². The smallest absolute Gasteiger partial charge is 0.257 e. The average Bonchev–Trinajstić information content (AvgIpc) is 3.39. The van der Waals surface area contributed by atoms with E-state index in [0.29, 0.717) is 28.0 Å². The molecule has 0 aliphatic heterocycles. The van der Waals surface area contributed by atoms with E-state index in [1.54, 1.807) is 43.1 Å². The second-order valence-corrected chi connectivity index (χ2v) is 10.3. The minimum atomic E-state index is -0.363. The molecule has 1 aliphatic carbocycles. The van der Waals surface area contributed by atoms with Crippen molar-refractivity contribution in [1.82, 2.24) is 15.2 Å². The maximum Gasteiger partial charge on any atom is 0.257 e. The summed E-state index contributed by atoms with van der Waals surface area (Å²) >= 11 is 4.39. The van der Waals surface area contributed by atoms with Gasteiger partial charge in [-0.2, -0.15) is 0 Å². The average molecular weight is 476 g/mol. The second kappa shape index (κ2) is 9.75. The number of carbonyl (C=O) groups is 2. The van der Waals surface area contributed by atoms with Gasteiger partial charge in [0.15, 0.2) is 9.47 Å². The highest BCUT2D eigenvalue weighted by Gasteiger charge is 2.31. The molecule has 11 heteroatoms. The Balaban J connectivity index is 1.45. The fraction of sp³-hybridized carbons (Fsp3) is 0.350. The summed E-state index contributed by atoms with van der Waals surface area (Å²) in [7, 11) is 1.58. The van der Waals surface area contributed by atoms with Crippen LogP contribution >= 0.6 is 34.4 Å². The molecule has 0 spiro atoms. The van der Waals surface area contributed by atoms with Crippen LogP contribution in [0.25, 0.3) is 0 Å². The van der Waals surface area contributed by atoms with Crippen LogP contribution in [-0.4, -0.2) is 39.9 Å². The third-order valence-corrected chi connectivity index (χ3v) is 7.65. The zero-order chi connectivity index (χ0) is 21.8. The molecule has 0 fully saturated rings. The topological polar surface area (TPSA) is 106 Å². The molecular formula is C20H21N5O3S3. The summed E-state index contributed by atoms with van der Waals surface area (Å²) in [6, 6.07) is 6.87. The number of hydrogen-bond acceptors (Lipinski definition) is 9. The van der Waals surface area contributed by atoms with Gasteiger partial charge in [-0.3, -0.25) is 20.2 Å². The molecule has 0 saturated carbocycles. The molecule has 8 nitrogen and oxygen atoms in total. The fourth-order valence-corrected chi connectivity index (χ4v) is 5.99. The van der Waals surface area contributed by atoms with E-state index >= 15 is 0 Å².